The Morgan fingerprint density at radius 1 is 1.08 bits per heavy atom. The fourth-order valence-electron chi connectivity index (χ4n) is 2.95. The van der Waals surface area contributed by atoms with Crippen LogP contribution in [0.1, 0.15) is 5.69 Å². The van der Waals surface area contributed by atoms with E-state index in [1.165, 1.54) is 11.0 Å². The van der Waals surface area contributed by atoms with Gasteiger partial charge in [-0.2, -0.15) is 0 Å². The first-order valence-electron chi connectivity index (χ1n) is 8.19. The first-order valence-corrected chi connectivity index (χ1v) is 8.19. The molecule has 0 atom stereocenters. The van der Waals surface area contributed by atoms with Crippen molar-refractivity contribution in [3.05, 3.63) is 42.5 Å². The van der Waals surface area contributed by atoms with E-state index in [9.17, 15) is 4.79 Å². The molecule has 2 aromatic heterocycles. The average molecular weight is 338 g/mol. The Kier molecular flexibility index (Phi) is 4.30. The monoisotopic (exact) mass is 338 g/mol. The van der Waals surface area contributed by atoms with Crippen molar-refractivity contribution in [1.29, 1.82) is 0 Å². The SMILES string of the molecule is O=C(Cn1cnnn1)N1CCN(Cc2cnc3ccccc3n2)CC1. The number of fused-ring (bicyclic) bond motifs is 1. The highest BCUT2D eigenvalue weighted by Crippen LogP contribution is 2.11. The number of hydrogen-bond donors (Lipinski definition) is 0. The molecule has 128 valence electrons. The quantitative estimate of drug-likeness (QED) is 0.659. The van der Waals surface area contributed by atoms with Crippen LogP contribution in [-0.2, 0) is 17.9 Å². The number of hydrogen-bond acceptors (Lipinski definition) is 7. The van der Waals surface area contributed by atoms with Crippen LogP contribution in [0.25, 0.3) is 11.0 Å². The summed E-state index contributed by atoms with van der Waals surface area (Å²) in [6, 6.07) is 7.86. The molecule has 0 saturated carbocycles. The number of carbonyl (C=O) groups excluding carboxylic acids is 1. The summed E-state index contributed by atoms with van der Waals surface area (Å²) in [4.78, 5) is 25.5. The third kappa shape index (κ3) is 3.61. The van der Waals surface area contributed by atoms with E-state index in [4.69, 9.17) is 0 Å². The predicted octanol–water partition coefficient (Wildman–Crippen LogP) is -0.0393. The number of tetrazole rings is 1. The second-order valence-corrected chi connectivity index (χ2v) is 6.01. The Morgan fingerprint density at radius 2 is 1.88 bits per heavy atom. The van der Waals surface area contributed by atoms with E-state index < -0.39 is 0 Å². The molecule has 1 aromatic carbocycles. The van der Waals surface area contributed by atoms with Crippen molar-refractivity contribution < 1.29 is 4.79 Å². The second kappa shape index (κ2) is 6.89. The largest absolute Gasteiger partial charge is 0.339 e. The number of aromatic nitrogens is 6. The van der Waals surface area contributed by atoms with E-state index >= 15 is 0 Å². The van der Waals surface area contributed by atoms with E-state index in [-0.39, 0.29) is 12.5 Å². The Morgan fingerprint density at radius 3 is 2.64 bits per heavy atom. The number of nitrogens with zero attached hydrogens (tertiary/aromatic N) is 8. The molecule has 9 nitrogen and oxygen atoms in total. The lowest BCUT2D eigenvalue weighted by Gasteiger charge is -2.34. The van der Waals surface area contributed by atoms with Crippen LogP contribution in [-0.4, -0.2) is 72.1 Å². The van der Waals surface area contributed by atoms with Crippen LogP contribution >= 0.6 is 0 Å². The average Bonchev–Trinajstić information content (AvgIpc) is 3.15. The molecule has 25 heavy (non-hydrogen) atoms. The molecule has 0 unspecified atom stereocenters. The van der Waals surface area contributed by atoms with Gasteiger partial charge in [-0.25, -0.2) is 9.67 Å². The number of amides is 1. The molecule has 9 heteroatoms. The molecule has 0 aliphatic carbocycles. The molecule has 1 aliphatic rings. The van der Waals surface area contributed by atoms with E-state index in [1.54, 1.807) is 0 Å². The number of carbonyl (C=O) groups is 1. The molecule has 0 N–H and O–H groups in total. The van der Waals surface area contributed by atoms with Gasteiger partial charge in [-0.15, -0.1) is 5.10 Å². The van der Waals surface area contributed by atoms with Crippen LogP contribution in [0.3, 0.4) is 0 Å². The minimum absolute atomic E-state index is 0.0393. The maximum atomic E-state index is 12.2. The van der Waals surface area contributed by atoms with Crippen molar-refractivity contribution in [2.75, 3.05) is 26.2 Å². The van der Waals surface area contributed by atoms with Gasteiger partial charge < -0.3 is 4.90 Å². The molecule has 1 aliphatic heterocycles. The number of benzene rings is 1. The minimum Gasteiger partial charge on any atom is -0.339 e. The molecule has 1 amide bonds. The van der Waals surface area contributed by atoms with Gasteiger partial charge in [0.25, 0.3) is 0 Å². The highest BCUT2D eigenvalue weighted by molar-refractivity contribution is 5.76. The van der Waals surface area contributed by atoms with Crippen LogP contribution in [0, 0.1) is 0 Å². The van der Waals surface area contributed by atoms with Crippen LogP contribution in [0.2, 0.25) is 0 Å². The molecule has 1 saturated heterocycles. The topological polar surface area (TPSA) is 92.9 Å². The van der Waals surface area contributed by atoms with Crippen LogP contribution < -0.4 is 0 Å². The fraction of sp³-hybridized carbons (Fsp3) is 0.375. The Labute approximate surface area is 144 Å². The molecule has 0 radical (unpaired) electrons. The number of rotatable bonds is 4. The molecule has 4 rings (SSSR count). The summed E-state index contributed by atoms with van der Waals surface area (Å²) in [5.41, 5.74) is 2.77. The van der Waals surface area contributed by atoms with Gasteiger partial charge in [0.1, 0.15) is 12.9 Å². The van der Waals surface area contributed by atoms with Gasteiger partial charge >= 0.3 is 0 Å². The summed E-state index contributed by atoms with van der Waals surface area (Å²) in [6.07, 6.45) is 3.28. The van der Waals surface area contributed by atoms with Gasteiger partial charge in [0, 0.05) is 32.7 Å². The third-order valence-corrected chi connectivity index (χ3v) is 4.30. The minimum atomic E-state index is 0.0393. The first-order chi connectivity index (χ1) is 12.3. The van der Waals surface area contributed by atoms with Crippen molar-refractivity contribution in [2.24, 2.45) is 0 Å². The zero-order valence-electron chi connectivity index (χ0n) is 13.7. The Hall–Kier alpha value is -2.94. The van der Waals surface area contributed by atoms with Gasteiger partial charge in [0.15, 0.2) is 0 Å². The normalized spacial score (nSPS) is 15.6. The van der Waals surface area contributed by atoms with E-state index in [2.05, 4.69) is 30.4 Å². The summed E-state index contributed by atoms with van der Waals surface area (Å²) >= 11 is 0. The van der Waals surface area contributed by atoms with Crippen molar-refractivity contribution >= 4 is 16.9 Å². The summed E-state index contributed by atoms with van der Waals surface area (Å²) in [7, 11) is 0. The van der Waals surface area contributed by atoms with Crippen LogP contribution in [0.5, 0.6) is 0 Å². The molecule has 0 bridgehead atoms. The van der Waals surface area contributed by atoms with Crippen molar-refractivity contribution in [3.8, 4) is 0 Å². The Bertz CT molecular complexity index is 857. The molecule has 0 spiro atoms. The maximum absolute atomic E-state index is 12.2. The van der Waals surface area contributed by atoms with E-state index in [0.717, 1.165) is 36.4 Å². The first kappa shape index (κ1) is 15.6. The maximum Gasteiger partial charge on any atom is 0.244 e. The molecular formula is C16H18N8O. The van der Waals surface area contributed by atoms with E-state index in [0.29, 0.717) is 13.1 Å². The van der Waals surface area contributed by atoms with E-state index in [1.807, 2.05) is 35.4 Å². The number of piperazine rings is 1. The predicted molar refractivity (Wildman–Crippen MR) is 89.2 cm³/mol. The fourth-order valence-corrected chi connectivity index (χ4v) is 2.95. The second-order valence-electron chi connectivity index (χ2n) is 6.01. The van der Waals surface area contributed by atoms with Gasteiger partial charge in [0.2, 0.25) is 5.91 Å². The van der Waals surface area contributed by atoms with Crippen LogP contribution in [0.15, 0.2) is 36.8 Å². The third-order valence-electron chi connectivity index (χ3n) is 4.30. The van der Waals surface area contributed by atoms with Gasteiger partial charge in [0.05, 0.1) is 22.9 Å². The summed E-state index contributed by atoms with van der Waals surface area (Å²) in [5.74, 6) is 0.0393. The lowest BCUT2D eigenvalue weighted by molar-refractivity contribution is -0.133. The Balaban J connectivity index is 1.32. The van der Waals surface area contributed by atoms with Crippen molar-refractivity contribution in [1.82, 2.24) is 40.0 Å². The lowest BCUT2D eigenvalue weighted by Crippen LogP contribution is -2.49. The zero-order valence-corrected chi connectivity index (χ0v) is 13.7. The molecule has 3 aromatic rings. The summed E-state index contributed by atoms with van der Waals surface area (Å²) in [6.45, 7) is 3.95. The van der Waals surface area contributed by atoms with Crippen LogP contribution in [0.4, 0.5) is 0 Å². The lowest BCUT2D eigenvalue weighted by atomic mass is 10.2. The molecule has 3 heterocycles. The molecule has 1 fully saturated rings. The zero-order chi connectivity index (χ0) is 17.1. The number of para-hydroxylation sites is 2. The summed E-state index contributed by atoms with van der Waals surface area (Å²) in [5, 5.41) is 10.8. The van der Waals surface area contributed by atoms with Crippen molar-refractivity contribution in [2.45, 2.75) is 13.1 Å². The smallest absolute Gasteiger partial charge is 0.244 e. The van der Waals surface area contributed by atoms with Gasteiger partial charge in [-0.05, 0) is 22.6 Å². The van der Waals surface area contributed by atoms with Gasteiger partial charge in [-0.3, -0.25) is 14.7 Å². The highest BCUT2D eigenvalue weighted by Gasteiger charge is 2.21. The highest BCUT2D eigenvalue weighted by atomic mass is 16.2. The summed E-state index contributed by atoms with van der Waals surface area (Å²) < 4.78 is 1.44. The van der Waals surface area contributed by atoms with Gasteiger partial charge in [-0.1, -0.05) is 12.1 Å². The van der Waals surface area contributed by atoms with Crippen molar-refractivity contribution in [3.63, 3.8) is 0 Å². The molecular weight excluding hydrogens is 320 g/mol. The standard InChI is InChI=1S/C16H18N8O/c25-16(11-24-12-18-20-21-24)23-7-5-22(6-8-23)10-13-9-17-14-3-1-2-4-15(14)19-13/h1-4,9,12H,5-8,10-11H2.